The normalized spacial score (nSPS) is 23.9. The number of rotatable bonds is 2. The molecule has 1 aliphatic carbocycles. The van der Waals surface area contributed by atoms with Gasteiger partial charge in [0, 0.05) is 23.2 Å². The monoisotopic (exact) mass is 283 g/mol. The smallest absolute Gasteiger partial charge is 0.399 e. The van der Waals surface area contributed by atoms with Gasteiger partial charge in [-0.3, -0.25) is 0 Å². The number of aromatic nitrogens is 1. The van der Waals surface area contributed by atoms with Crippen LogP contribution in [0.1, 0.15) is 46.6 Å². The average molecular weight is 283 g/mol. The van der Waals surface area contributed by atoms with Gasteiger partial charge in [0.15, 0.2) is 0 Å². The molecule has 0 unspecified atom stereocenters. The maximum atomic E-state index is 6.24. The van der Waals surface area contributed by atoms with Crippen molar-refractivity contribution in [3.8, 4) is 0 Å². The Hall–Kier alpha value is -1.26. The first kappa shape index (κ1) is 13.4. The summed E-state index contributed by atoms with van der Waals surface area (Å²) in [4.78, 5) is 0. The molecule has 0 N–H and O–H groups in total. The fourth-order valence-corrected chi connectivity index (χ4v) is 3.04. The molecule has 3 nitrogen and oxygen atoms in total. The molecule has 1 aromatic heterocycles. The predicted octanol–water partition coefficient (Wildman–Crippen LogP) is 3.28. The van der Waals surface area contributed by atoms with Crippen molar-refractivity contribution in [3.63, 3.8) is 0 Å². The van der Waals surface area contributed by atoms with E-state index in [4.69, 9.17) is 9.31 Å². The zero-order valence-electron chi connectivity index (χ0n) is 13.2. The van der Waals surface area contributed by atoms with Crippen LogP contribution in [-0.4, -0.2) is 22.9 Å². The van der Waals surface area contributed by atoms with Crippen LogP contribution in [0.15, 0.2) is 30.5 Å². The molecule has 1 aromatic carbocycles. The first-order valence-electron chi connectivity index (χ1n) is 7.84. The lowest BCUT2D eigenvalue weighted by molar-refractivity contribution is 0.00578. The van der Waals surface area contributed by atoms with Crippen LogP contribution in [0.2, 0.25) is 0 Å². The third-order valence-corrected chi connectivity index (χ3v) is 5.22. The summed E-state index contributed by atoms with van der Waals surface area (Å²) in [6, 6.07) is 9.23. The molecule has 0 atom stereocenters. The predicted molar refractivity (Wildman–Crippen MR) is 85.9 cm³/mol. The minimum atomic E-state index is -0.291. The van der Waals surface area contributed by atoms with E-state index >= 15 is 0 Å². The summed E-state index contributed by atoms with van der Waals surface area (Å²) in [5.41, 5.74) is 1.88. The molecule has 4 rings (SSSR count). The molecule has 0 amide bonds. The molecule has 110 valence electrons. The maximum Gasteiger partial charge on any atom is 0.497 e. The number of fused-ring (bicyclic) bond motifs is 1. The molecular weight excluding hydrogens is 261 g/mol. The van der Waals surface area contributed by atoms with Gasteiger partial charge in [-0.2, -0.15) is 0 Å². The van der Waals surface area contributed by atoms with E-state index in [1.54, 1.807) is 0 Å². The van der Waals surface area contributed by atoms with Crippen molar-refractivity contribution in [2.24, 2.45) is 0 Å². The zero-order chi connectivity index (χ0) is 14.8. The Balaban J connectivity index is 1.81. The highest BCUT2D eigenvalue weighted by molar-refractivity contribution is 6.65. The molecule has 0 spiro atoms. The van der Waals surface area contributed by atoms with E-state index in [2.05, 4.69) is 62.7 Å². The van der Waals surface area contributed by atoms with Gasteiger partial charge in [-0.25, -0.2) is 0 Å². The van der Waals surface area contributed by atoms with E-state index in [0.29, 0.717) is 6.04 Å². The van der Waals surface area contributed by atoms with Crippen LogP contribution in [0.4, 0.5) is 0 Å². The quantitative estimate of drug-likeness (QED) is 0.790. The Bertz CT molecular complexity index is 684. The van der Waals surface area contributed by atoms with Gasteiger partial charge < -0.3 is 13.9 Å². The Morgan fingerprint density at radius 1 is 1.05 bits per heavy atom. The molecule has 1 aliphatic heterocycles. The summed E-state index contributed by atoms with van der Waals surface area (Å²) in [5.74, 6) is 0. The van der Waals surface area contributed by atoms with Gasteiger partial charge in [0.1, 0.15) is 0 Å². The second-order valence-electron chi connectivity index (χ2n) is 7.33. The van der Waals surface area contributed by atoms with Crippen molar-refractivity contribution in [1.29, 1.82) is 0 Å². The molecule has 2 aromatic rings. The van der Waals surface area contributed by atoms with Gasteiger partial charge in [0.25, 0.3) is 0 Å². The molecule has 0 bridgehead atoms. The summed E-state index contributed by atoms with van der Waals surface area (Å²) in [6.07, 6.45) is 4.80. The second kappa shape index (κ2) is 4.14. The molecular formula is C17H22BNO2. The fraction of sp³-hybridized carbons (Fsp3) is 0.529. The highest BCUT2D eigenvalue weighted by Gasteiger charge is 2.52. The van der Waals surface area contributed by atoms with Crippen LogP contribution in [0.3, 0.4) is 0 Å². The van der Waals surface area contributed by atoms with Gasteiger partial charge in [0.2, 0.25) is 0 Å². The van der Waals surface area contributed by atoms with Crippen LogP contribution in [-0.2, 0) is 9.31 Å². The second-order valence-corrected chi connectivity index (χ2v) is 7.33. The van der Waals surface area contributed by atoms with Crippen LogP contribution < -0.4 is 5.46 Å². The van der Waals surface area contributed by atoms with E-state index in [1.807, 2.05) is 0 Å². The Kier molecular flexibility index (Phi) is 2.65. The van der Waals surface area contributed by atoms with E-state index < -0.39 is 0 Å². The van der Waals surface area contributed by atoms with Crippen LogP contribution in [0.5, 0.6) is 0 Å². The summed E-state index contributed by atoms with van der Waals surface area (Å²) < 4.78 is 14.9. The van der Waals surface area contributed by atoms with Gasteiger partial charge in [-0.15, -0.1) is 0 Å². The summed E-state index contributed by atoms with van der Waals surface area (Å²) >= 11 is 0. The number of benzene rings is 1. The van der Waals surface area contributed by atoms with Crippen molar-refractivity contribution in [3.05, 3.63) is 30.5 Å². The molecule has 4 heteroatoms. The standard InChI is InChI=1S/C17H22BNO2/c1-16(2)17(3,4)21-18(20-16)14-11-19(12-9-10-12)15-8-6-5-7-13(14)15/h5-8,11-12H,9-10H2,1-4H3. The van der Waals surface area contributed by atoms with E-state index in [1.165, 1.54) is 23.7 Å². The lowest BCUT2D eigenvalue weighted by atomic mass is 9.79. The Morgan fingerprint density at radius 2 is 1.67 bits per heavy atom. The molecule has 1 saturated carbocycles. The van der Waals surface area contributed by atoms with E-state index in [9.17, 15) is 0 Å². The molecule has 21 heavy (non-hydrogen) atoms. The summed E-state index contributed by atoms with van der Waals surface area (Å²) in [5, 5.41) is 1.25. The zero-order valence-corrected chi connectivity index (χ0v) is 13.2. The highest BCUT2D eigenvalue weighted by Crippen LogP contribution is 2.40. The van der Waals surface area contributed by atoms with Crippen LogP contribution in [0.25, 0.3) is 10.9 Å². The van der Waals surface area contributed by atoms with Crippen molar-refractivity contribution >= 4 is 23.5 Å². The van der Waals surface area contributed by atoms with Crippen LogP contribution in [0, 0.1) is 0 Å². The Labute approximate surface area is 126 Å². The lowest BCUT2D eigenvalue weighted by Gasteiger charge is -2.32. The van der Waals surface area contributed by atoms with Gasteiger partial charge >= 0.3 is 7.12 Å². The minimum absolute atomic E-state index is 0.278. The maximum absolute atomic E-state index is 6.24. The number of hydrogen-bond acceptors (Lipinski definition) is 2. The minimum Gasteiger partial charge on any atom is -0.399 e. The molecule has 2 aliphatic rings. The first-order chi connectivity index (χ1) is 9.89. The van der Waals surface area contributed by atoms with E-state index in [0.717, 1.165) is 5.46 Å². The number of hydrogen-bond donors (Lipinski definition) is 0. The molecule has 1 saturated heterocycles. The van der Waals surface area contributed by atoms with Gasteiger partial charge in [0.05, 0.1) is 11.2 Å². The summed E-state index contributed by atoms with van der Waals surface area (Å²) in [7, 11) is -0.278. The van der Waals surface area contributed by atoms with Crippen molar-refractivity contribution in [1.82, 2.24) is 4.57 Å². The first-order valence-corrected chi connectivity index (χ1v) is 7.84. The third-order valence-electron chi connectivity index (χ3n) is 5.22. The van der Waals surface area contributed by atoms with Crippen molar-refractivity contribution in [2.75, 3.05) is 0 Å². The van der Waals surface area contributed by atoms with Gasteiger partial charge in [-0.1, -0.05) is 18.2 Å². The van der Waals surface area contributed by atoms with E-state index in [-0.39, 0.29) is 18.3 Å². The molecule has 0 radical (unpaired) electrons. The average Bonchev–Trinajstić information content (AvgIpc) is 3.13. The highest BCUT2D eigenvalue weighted by atomic mass is 16.7. The largest absolute Gasteiger partial charge is 0.497 e. The number of nitrogens with zero attached hydrogens (tertiary/aromatic N) is 1. The number of para-hydroxylation sites is 1. The SMILES string of the molecule is CC1(C)OB(c2cn(C3CC3)c3ccccc23)OC1(C)C. The van der Waals surface area contributed by atoms with Crippen molar-refractivity contribution in [2.45, 2.75) is 57.8 Å². The fourth-order valence-electron chi connectivity index (χ4n) is 3.04. The van der Waals surface area contributed by atoms with Gasteiger partial charge in [-0.05, 0) is 52.0 Å². The molecule has 2 fully saturated rings. The van der Waals surface area contributed by atoms with Crippen LogP contribution >= 0.6 is 0 Å². The lowest BCUT2D eigenvalue weighted by Crippen LogP contribution is -2.41. The van der Waals surface area contributed by atoms with Crippen molar-refractivity contribution < 1.29 is 9.31 Å². The Morgan fingerprint density at radius 3 is 2.29 bits per heavy atom. The topological polar surface area (TPSA) is 23.4 Å². The third kappa shape index (κ3) is 1.96. The molecule has 2 heterocycles. The summed E-state index contributed by atoms with van der Waals surface area (Å²) in [6.45, 7) is 8.42.